The highest BCUT2D eigenvalue weighted by Crippen LogP contribution is 2.27. The Morgan fingerprint density at radius 3 is 2.95 bits per heavy atom. The van der Waals surface area contributed by atoms with Crippen LogP contribution in [-0.4, -0.2) is 22.7 Å². The number of benzene rings is 1. The molecule has 1 aliphatic rings. The molecule has 6 heteroatoms. The zero-order valence-corrected chi connectivity index (χ0v) is 13.3. The van der Waals surface area contributed by atoms with Gasteiger partial charge in [0.15, 0.2) is 5.82 Å². The second kappa shape index (κ2) is 6.34. The molecule has 1 fully saturated rings. The smallest absolute Gasteiger partial charge is 0.229 e. The quantitative estimate of drug-likeness (QED) is 0.931. The van der Waals surface area contributed by atoms with Crippen LogP contribution in [0.3, 0.4) is 0 Å². The lowest BCUT2D eigenvalue weighted by atomic mass is 9.93. The zero-order chi connectivity index (χ0) is 14.8. The molecule has 0 radical (unpaired) electrons. The summed E-state index contributed by atoms with van der Waals surface area (Å²) in [5, 5.41) is 8.60. The van der Waals surface area contributed by atoms with Crippen molar-refractivity contribution in [3.05, 3.63) is 45.5 Å². The van der Waals surface area contributed by atoms with Gasteiger partial charge in [-0.3, -0.25) is 0 Å². The fraction of sp³-hybridized carbons (Fsp3) is 0.467. The van der Waals surface area contributed by atoms with Crippen LogP contribution in [-0.2, 0) is 6.42 Å². The van der Waals surface area contributed by atoms with Crippen molar-refractivity contribution in [1.29, 1.82) is 0 Å². The lowest BCUT2D eigenvalue weighted by Crippen LogP contribution is -2.34. The third kappa shape index (κ3) is 3.57. The van der Waals surface area contributed by atoms with E-state index in [0.29, 0.717) is 34.3 Å². The Morgan fingerprint density at radius 2 is 2.19 bits per heavy atom. The van der Waals surface area contributed by atoms with Crippen molar-refractivity contribution in [3.8, 4) is 0 Å². The van der Waals surface area contributed by atoms with Crippen LogP contribution in [0.5, 0.6) is 0 Å². The molecule has 0 bridgehead atoms. The number of nitrogens with one attached hydrogen (secondary N) is 1. The molecule has 112 valence electrons. The molecule has 1 saturated heterocycles. The number of hydrogen-bond donors (Lipinski definition) is 1. The largest absolute Gasteiger partial charge is 0.339 e. The third-order valence-corrected chi connectivity index (χ3v) is 4.54. The van der Waals surface area contributed by atoms with Crippen molar-refractivity contribution in [2.24, 2.45) is 0 Å². The van der Waals surface area contributed by atoms with Gasteiger partial charge >= 0.3 is 0 Å². The predicted molar refractivity (Wildman–Crippen MR) is 83.0 cm³/mol. The molecular weight excluding hydrogens is 309 g/mol. The molecule has 0 amide bonds. The van der Waals surface area contributed by atoms with Crippen LogP contribution < -0.4 is 5.32 Å². The molecule has 2 aromatic rings. The summed E-state index contributed by atoms with van der Waals surface area (Å²) in [7, 11) is 0. The molecule has 4 nitrogen and oxygen atoms in total. The summed E-state index contributed by atoms with van der Waals surface area (Å²) >= 11 is 11.9. The van der Waals surface area contributed by atoms with Crippen molar-refractivity contribution in [2.75, 3.05) is 6.54 Å². The molecular formula is C15H17Cl2N3O. The van der Waals surface area contributed by atoms with Gasteiger partial charge in [-0.25, -0.2) is 0 Å². The minimum absolute atomic E-state index is 0.358. The van der Waals surface area contributed by atoms with Crippen LogP contribution >= 0.6 is 23.2 Å². The summed E-state index contributed by atoms with van der Waals surface area (Å²) < 4.78 is 5.43. The van der Waals surface area contributed by atoms with E-state index in [0.717, 1.165) is 30.8 Å². The monoisotopic (exact) mass is 325 g/mol. The molecule has 0 spiro atoms. The van der Waals surface area contributed by atoms with Crippen molar-refractivity contribution >= 4 is 23.2 Å². The van der Waals surface area contributed by atoms with Gasteiger partial charge in [-0.2, -0.15) is 4.98 Å². The van der Waals surface area contributed by atoms with Gasteiger partial charge in [-0.05, 0) is 44.0 Å². The Hall–Kier alpha value is -1.10. The summed E-state index contributed by atoms with van der Waals surface area (Å²) in [5.41, 5.74) is 1.02. The van der Waals surface area contributed by atoms with Gasteiger partial charge in [0.05, 0.1) is 10.0 Å². The Balaban J connectivity index is 1.71. The molecule has 21 heavy (non-hydrogen) atoms. The summed E-state index contributed by atoms with van der Waals surface area (Å²) in [6.45, 7) is 3.18. The first kappa shape index (κ1) is 14.8. The molecule has 3 rings (SSSR count). The number of aromatic nitrogens is 2. The summed E-state index contributed by atoms with van der Waals surface area (Å²) in [4.78, 5) is 4.53. The molecule has 0 aliphatic carbocycles. The van der Waals surface area contributed by atoms with Gasteiger partial charge < -0.3 is 9.84 Å². The van der Waals surface area contributed by atoms with Gasteiger partial charge in [-0.1, -0.05) is 34.4 Å². The number of rotatable bonds is 3. The molecule has 0 saturated carbocycles. The van der Waals surface area contributed by atoms with Gasteiger partial charge in [0.25, 0.3) is 0 Å². The predicted octanol–water partition coefficient (Wildman–Crippen LogP) is 3.82. The zero-order valence-electron chi connectivity index (χ0n) is 11.8. The molecule has 1 aromatic carbocycles. The van der Waals surface area contributed by atoms with Gasteiger partial charge in [0.1, 0.15) is 0 Å². The van der Waals surface area contributed by atoms with Crippen LogP contribution in [0.25, 0.3) is 0 Å². The third-order valence-electron chi connectivity index (χ3n) is 3.80. The fourth-order valence-corrected chi connectivity index (χ4v) is 3.01. The lowest BCUT2D eigenvalue weighted by molar-refractivity contribution is 0.294. The van der Waals surface area contributed by atoms with Crippen molar-refractivity contribution < 1.29 is 4.52 Å². The van der Waals surface area contributed by atoms with Crippen LogP contribution in [0, 0.1) is 0 Å². The van der Waals surface area contributed by atoms with E-state index in [9.17, 15) is 0 Å². The first-order chi connectivity index (χ1) is 10.1. The normalized spacial score (nSPS) is 22.4. The van der Waals surface area contributed by atoms with E-state index in [-0.39, 0.29) is 0 Å². The van der Waals surface area contributed by atoms with E-state index >= 15 is 0 Å². The highest BCUT2D eigenvalue weighted by atomic mass is 35.5. The van der Waals surface area contributed by atoms with Crippen molar-refractivity contribution in [3.63, 3.8) is 0 Å². The number of halogens is 2. The molecule has 2 unspecified atom stereocenters. The Morgan fingerprint density at radius 1 is 1.33 bits per heavy atom. The lowest BCUT2D eigenvalue weighted by Gasteiger charge is -2.25. The van der Waals surface area contributed by atoms with Gasteiger partial charge in [0.2, 0.25) is 5.89 Å². The Labute approximate surface area is 133 Å². The first-order valence-electron chi connectivity index (χ1n) is 7.11. The maximum atomic E-state index is 6.02. The van der Waals surface area contributed by atoms with Crippen molar-refractivity contribution in [2.45, 2.75) is 38.1 Å². The van der Waals surface area contributed by atoms with E-state index < -0.39 is 0 Å². The Kier molecular flexibility index (Phi) is 4.48. The number of hydrogen-bond acceptors (Lipinski definition) is 4. The highest BCUT2D eigenvalue weighted by Gasteiger charge is 2.24. The molecule has 1 aromatic heterocycles. The molecule has 2 atom stereocenters. The maximum Gasteiger partial charge on any atom is 0.229 e. The highest BCUT2D eigenvalue weighted by molar-refractivity contribution is 6.42. The number of piperidine rings is 1. The van der Waals surface area contributed by atoms with Crippen LogP contribution in [0.4, 0.5) is 0 Å². The van der Waals surface area contributed by atoms with Crippen LogP contribution in [0.15, 0.2) is 22.7 Å². The molecule has 1 N–H and O–H groups in total. The summed E-state index contributed by atoms with van der Waals surface area (Å²) in [6, 6.07) is 6.05. The second-order valence-electron chi connectivity index (χ2n) is 5.55. The van der Waals surface area contributed by atoms with E-state index in [2.05, 4.69) is 22.4 Å². The average molecular weight is 326 g/mol. The fourth-order valence-electron chi connectivity index (χ4n) is 2.69. The summed E-state index contributed by atoms with van der Waals surface area (Å²) in [5.74, 6) is 1.80. The van der Waals surface area contributed by atoms with E-state index in [4.69, 9.17) is 27.7 Å². The Bertz CT molecular complexity index is 629. The van der Waals surface area contributed by atoms with E-state index in [1.165, 1.54) is 0 Å². The minimum atomic E-state index is 0.358. The van der Waals surface area contributed by atoms with Gasteiger partial charge in [0, 0.05) is 18.4 Å². The topological polar surface area (TPSA) is 51.0 Å². The second-order valence-corrected chi connectivity index (χ2v) is 6.36. The minimum Gasteiger partial charge on any atom is -0.339 e. The molecule has 2 heterocycles. The van der Waals surface area contributed by atoms with Gasteiger partial charge in [-0.15, -0.1) is 0 Å². The van der Waals surface area contributed by atoms with Crippen LogP contribution in [0.1, 0.15) is 43.0 Å². The van der Waals surface area contributed by atoms with E-state index in [1.807, 2.05) is 12.1 Å². The molecule has 1 aliphatic heterocycles. The average Bonchev–Trinajstić information content (AvgIpc) is 2.91. The SMILES string of the molecule is CC1CC(c2nc(Cc3ccc(Cl)c(Cl)c3)no2)CCN1. The standard InChI is InChI=1S/C15H17Cl2N3O/c1-9-6-11(4-5-18-9)15-19-14(20-21-15)8-10-2-3-12(16)13(17)7-10/h2-3,7,9,11,18H,4-6,8H2,1H3. The van der Waals surface area contributed by atoms with Crippen LogP contribution in [0.2, 0.25) is 10.0 Å². The maximum absolute atomic E-state index is 6.02. The first-order valence-corrected chi connectivity index (χ1v) is 7.87. The van der Waals surface area contributed by atoms with Crippen molar-refractivity contribution in [1.82, 2.24) is 15.5 Å². The summed E-state index contributed by atoms with van der Waals surface area (Å²) in [6.07, 6.45) is 2.67. The van der Waals surface area contributed by atoms with E-state index in [1.54, 1.807) is 6.07 Å². The number of nitrogens with zero attached hydrogens (tertiary/aromatic N) is 2.